The van der Waals surface area contributed by atoms with Crippen LogP contribution in [0.25, 0.3) is 0 Å². The summed E-state index contributed by atoms with van der Waals surface area (Å²) in [6.45, 7) is 2.94. The summed E-state index contributed by atoms with van der Waals surface area (Å²) >= 11 is 1.84. The number of hydrogen-bond donors (Lipinski definition) is 2. The van der Waals surface area contributed by atoms with Gasteiger partial charge in [-0.3, -0.25) is 19.3 Å². The first kappa shape index (κ1) is 19.3. The summed E-state index contributed by atoms with van der Waals surface area (Å²) < 4.78 is 0. The van der Waals surface area contributed by atoms with Crippen molar-refractivity contribution < 1.29 is 19.5 Å². The van der Waals surface area contributed by atoms with Gasteiger partial charge < -0.3 is 15.3 Å². The van der Waals surface area contributed by atoms with Crippen molar-refractivity contribution in [3.63, 3.8) is 0 Å². The largest absolute Gasteiger partial charge is 0.480 e. The van der Waals surface area contributed by atoms with Crippen molar-refractivity contribution in [1.29, 1.82) is 0 Å². The molecule has 0 radical (unpaired) electrons. The van der Waals surface area contributed by atoms with E-state index in [1.807, 2.05) is 16.7 Å². The molecule has 2 N–H and O–H groups in total. The first-order chi connectivity index (χ1) is 11.9. The fourth-order valence-corrected chi connectivity index (χ4v) is 3.33. The number of hydrogen-bond acceptors (Lipinski definition) is 5. The van der Waals surface area contributed by atoms with Gasteiger partial charge in [-0.05, 0) is 32.2 Å². The van der Waals surface area contributed by atoms with Gasteiger partial charge in [0.05, 0.1) is 6.54 Å². The van der Waals surface area contributed by atoms with E-state index in [4.69, 9.17) is 5.11 Å². The van der Waals surface area contributed by atoms with Crippen LogP contribution in [-0.4, -0.2) is 76.9 Å². The van der Waals surface area contributed by atoms with Gasteiger partial charge >= 0.3 is 5.97 Å². The van der Waals surface area contributed by atoms with Crippen molar-refractivity contribution in [3.05, 3.63) is 29.8 Å². The third kappa shape index (κ3) is 5.47. The maximum Gasteiger partial charge on any atom is 0.320 e. The number of carbonyl (C=O) groups is 3. The molecule has 0 aromatic heterocycles. The number of anilines is 1. The Kier molecular flexibility index (Phi) is 6.83. The molecule has 0 spiro atoms. The number of rotatable bonds is 6. The lowest BCUT2D eigenvalue weighted by molar-refractivity contribution is -0.142. The summed E-state index contributed by atoms with van der Waals surface area (Å²) in [6, 6.07) is 6.07. The fourth-order valence-electron chi connectivity index (χ4n) is 2.43. The number of amides is 2. The molecule has 1 aromatic carbocycles. The number of aliphatic carboxylic acids is 1. The molecule has 1 aliphatic heterocycles. The summed E-state index contributed by atoms with van der Waals surface area (Å²) in [6.07, 6.45) is 0. The van der Waals surface area contributed by atoms with Crippen LogP contribution in [0.3, 0.4) is 0 Å². The Morgan fingerprint density at radius 1 is 1.32 bits per heavy atom. The SMILES string of the molecule is CC(C(=O)O)N(C)CC(=O)Nc1cccc(C(=O)N2CCSCC2)c1. The molecule has 0 bridgehead atoms. The van der Waals surface area contributed by atoms with Gasteiger partial charge in [-0.25, -0.2) is 0 Å². The molecule has 8 heteroatoms. The zero-order valence-corrected chi connectivity index (χ0v) is 15.2. The van der Waals surface area contributed by atoms with Crippen LogP contribution in [0, 0.1) is 0 Å². The summed E-state index contributed by atoms with van der Waals surface area (Å²) in [5, 5.41) is 11.7. The number of thioether (sulfide) groups is 1. The predicted octanol–water partition coefficient (Wildman–Crippen LogP) is 1.22. The maximum atomic E-state index is 12.5. The van der Waals surface area contributed by atoms with Crippen molar-refractivity contribution >= 4 is 35.2 Å². The Bertz CT molecular complexity index is 647. The average molecular weight is 365 g/mol. The first-order valence-electron chi connectivity index (χ1n) is 8.08. The van der Waals surface area contributed by atoms with Crippen LogP contribution in [0.2, 0.25) is 0 Å². The zero-order valence-electron chi connectivity index (χ0n) is 14.4. The number of nitrogens with one attached hydrogen (secondary N) is 1. The van der Waals surface area contributed by atoms with E-state index in [1.165, 1.54) is 11.8 Å². The summed E-state index contributed by atoms with van der Waals surface area (Å²) in [5.41, 5.74) is 1.07. The maximum absolute atomic E-state index is 12.5. The van der Waals surface area contributed by atoms with Gasteiger partial charge in [0.1, 0.15) is 6.04 Å². The Morgan fingerprint density at radius 2 is 2.00 bits per heavy atom. The lowest BCUT2D eigenvalue weighted by Crippen LogP contribution is -2.40. The molecule has 136 valence electrons. The van der Waals surface area contributed by atoms with Crippen LogP contribution in [0.15, 0.2) is 24.3 Å². The molecule has 2 rings (SSSR count). The fraction of sp³-hybridized carbons (Fsp3) is 0.471. The predicted molar refractivity (Wildman–Crippen MR) is 98.0 cm³/mol. The Balaban J connectivity index is 1.97. The molecule has 1 heterocycles. The smallest absolute Gasteiger partial charge is 0.320 e. The van der Waals surface area contributed by atoms with E-state index < -0.39 is 12.0 Å². The highest BCUT2D eigenvalue weighted by Gasteiger charge is 2.20. The molecule has 0 aliphatic carbocycles. The van der Waals surface area contributed by atoms with Gasteiger partial charge in [-0.1, -0.05) is 6.07 Å². The highest BCUT2D eigenvalue weighted by atomic mass is 32.2. The Morgan fingerprint density at radius 3 is 2.64 bits per heavy atom. The minimum absolute atomic E-state index is 0.0342. The van der Waals surface area contributed by atoms with Crippen molar-refractivity contribution in [1.82, 2.24) is 9.80 Å². The normalized spacial score (nSPS) is 15.7. The molecule has 1 aromatic rings. The van der Waals surface area contributed by atoms with E-state index in [9.17, 15) is 14.4 Å². The third-order valence-corrected chi connectivity index (χ3v) is 5.05. The second-order valence-electron chi connectivity index (χ2n) is 5.96. The second-order valence-corrected chi connectivity index (χ2v) is 7.19. The van der Waals surface area contributed by atoms with E-state index in [0.29, 0.717) is 11.3 Å². The van der Waals surface area contributed by atoms with Crippen molar-refractivity contribution in [2.24, 2.45) is 0 Å². The Hall–Kier alpha value is -2.06. The van der Waals surface area contributed by atoms with E-state index >= 15 is 0 Å². The van der Waals surface area contributed by atoms with E-state index in [0.717, 1.165) is 24.6 Å². The lowest BCUT2D eigenvalue weighted by Gasteiger charge is -2.26. The number of nitrogens with zero attached hydrogens (tertiary/aromatic N) is 2. The zero-order chi connectivity index (χ0) is 18.4. The van der Waals surface area contributed by atoms with E-state index in [2.05, 4.69) is 5.32 Å². The van der Waals surface area contributed by atoms with Crippen molar-refractivity contribution in [3.8, 4) is 0 Å². The molecule has 1 unspecified atom stereocenters. The molecule has 1 aliphatic rings. The van der Waals surface area contributed by atoms with Gasteiger partial charge in [0, 0.05) is 35.8 Å². The lowest BCUT2D eigenvalue weighted by atomic mass is 10.1. The molecule has 0 saturated carbocycles. The van der Waals surface area contributed by atoms with Gasteiger partial charge in [0.15, 0.2) is 0 Å². The average Bonchev–Trinajstić information content (AvgIpc) is 2.61. The minimum Gasteiger partial charge on any atom is -0.480 e. The summed E-state index contributed by atoms with van der Waals surface area (Å²) in [7, 11) is 1.58. The van der Waals surface area contributed by atoms with Gasteiger partial charge in [-0.15, -0.1) is 0 Å². The van der Waals surface area contributed by atoms with Crippen LogP contribution in [0.1, 0.15) is 17.3 Å². The highest BCUT2D eigenvalue weighted by molar-refractivity contribution is 7.99. The van der Waals surface area contributed by atoms with Crippen molar-refractivity contribution in [2.75, 3.05) is 43.5 Å². The molecule has 1 saturated heterocycles. The first-order valence-corrected chi connectivity index (χ1v) is 9.24. The molecule has 1 fully saturated rings. The molecular weight excluding hydrogens is 342 g/mol. The van der Waals surface area contributed by atoms with Crippen LogP contribution in [0.4, 0.5) is 5.69 Å². The third-order valence-electron chi connectivity index (χ3n) is 4.10. The summed E-state index contributed by atoms with van der Waals surface area (Å²) in [5.74, 6) is 0.539. The highest BCUT2D eigenvalue weighted by Crippen LogP contribution is 2.16. The molecule has 1 atom stereocenters. The number of carboxylic acids is 1. The second kappa shape index (κ2) is 8.87. The van der Waals surface area contributed by atoms with Gasteiger partial charge in [0.2, 0.25) is 5.91 Å². The van der Waals surface area contributed by atoms with E-state index in [1.54, 1.807) is 31.3 Å². The number of likely N-dealkylation sites (N-methyl/N-ethyl adjacent to an activating group) is 1. The number of benzene rings is 1. The van der Waals surface area contributed by atoms with Crippen LogP contribution >= 0.6 is 11.8 Å². The number of carboxylic acid groups (broad SMARTS) is 1. The van der Waals surface area contributed by atoms with Gasteiger partial charge in [0.25, 0.3) is 5.91 Å². The van der Waals surface area contributed by atoms with Crippen LogP contribution in [0.5, 0.6) is 0 Å². The van der Waals surface area contributed by atoms with Crippen molar-refractivity contribution in [2.45, 2.75) is 13.0 Å². The Labute approximate surface area is 151 Å². The van der Waals surface area contributed by atoms with E-state index in [-0.39, 0.29) is 18.4 Å². The summed E-state index contributed by atoms with van der Waals surface area (Å²) in [4.78, 5) is 38.8. The molecule has 2 amide bonds. The van der Waals surface area contributed by atoms with Crippen LogP contribution < -0.4 is 5.32 Å². The topological polar surface area (TPSA) is 90.0 Å². The van der Waals surface area contributed by atoms with Gasteiger partial charge in [-0.2, -0.15) is 11.8 Å². The minimum atomic E-state index is -0.984. The standard InChI is InChI=1S/C17H23N3O4S/c1-12(17(23)24)19(2)11-15(21)18-14-5-3-4-13(10-14)16(22)20-6-8-25-9-7-20/h3-5,10,12H,6-9,11H2,1-2H3,(H,18,21)(H,23,24). The molecular formula is C17H23N3O4S. The molecule has 7 nitrogen and oxygen atoms in total. The number of carbonyl (C=O) groups excluding carboxylic acids is 2. The monoisotopic (exact) mass is 365 g/mol. The van der Waals surface area contributed by atoms with Crippen LogP contribution in [-0.2, 0) is 9.59 Å². The quantitative estimate of drug-likeness (QED) is 0.788. The molecule has 25 heavy (non-hydrogen) atoms.